The molecule has 0 aliphatic heterocycles. The summed E-state index contributed by atoms with van der Waals surface area (Å²) in [4.78, 5) is 1.21. The van der Waals surface area contributed by atoms with Crippen LogP contribution < -0.4 is 5.32 Å². The second kappa shape index (κ2) is 12.8. The third kappa shape index (κ3) is 7.08. The Bertz CT molecular complexity index is 1110. The van der Waals surface area contributed by atoms with Gasteiger partial charge in [0.15, 0.2) is 0 Å². The monoisotopic (exact) mass is 565 g/mol. The van der Waals surface area contributed by atoms with E-state index in [1.807, 2.05) is 18.2 Å². The number of thioether (sulfide) groups is 1. The second-order valence-electron chi connectivity index (χ2n) is 8.14. The van der Waals surface area contributed by atoms with Crippen LogP contribution in [0.4, 0.5) is 0 Å². The number of halogens is 1. The van der Waals surface area contributed by atoms with Crippen LogP contribution >= 0.6 is 34.4 Å². The standard InChI is InChI=1S/C28H28IN3S/c1-20(32-28(14-15-30)24-10-12-26(33-2)13-11-24)27(25-5-3-4-23(16-25)19-31)17-21-6-8-22(18-29)9-7-21/h3-13,16,20,27-28,32H,14,17-18H2,1-2H3/t20-,27+,28?/m0/s1. The minimum Gasteiger partial charge on any atom is -0.306 e. The second-order valence-corrected chi connectivity index (χ2v) is 9.78. The summed E-state index contributed by atoms with van der Waals surface area (Å²) in [5.74, 6) is 0.162. The van der Waals surface area contributed by atoms with Crippen LogP contribution in [0, 0.1) is 22.7 Å². The average molecular weight is 566 g/mol. The number of nitrogens with zero attached hydrogens (tertiary/aromatic N) is 2. The molecule has 1 unspecified atom stereocenters. The molecule has 168 valence electrons. The summed E-state index contributed by atoms with van der Waals surface area (Å²) in [5.41, 5.74) is 5.52. The Morgan fingerprint density at radius 2 is 1.64 bits per heavy atom. The van der Waals surface area contributed by atoms with Crippen molar-refractivity contribution < 1.29 is 0 Å². The lowest BCUT2D eigenvalue weighted by atomic mass is 9.85. The minimum atomic E-state index is -0.0519. The normalized spacial score (nSPS) is 13.5. The first kappa shape index (κ1) is 25.3. The number of hydrogen-bond donors (Lipinski definition) is 1. The number of rotatable bonds is 10. The van der Waals surface area contributed by atoms with Crippen molar-refractivity contribution in [1.29, 1.82) is 10.5 Å². The Labute approximate surface area is 215 Å². The summed E-state index contributed by atoms with van der Waals surface area (Å²) in [6.45, 7) is 2.18. The molecule has 3 atom stereocenters. The number of nitrogens with one attached hydrogen (secondary N) is 1. The van der Waals surface area contributed by atoms with Crippen LogP contribution in [0.5, 0.6) is 0 Å². The van der Waals surface area contributed by atoms with Gasteiger partial charge < -0.3 is 5.32 Å². The fraction of sp³-hybridized carbons (Fsp3) is 0.286. The molecule has 3 rings (SSSR count). The molecule has 0 aliphatic carbocycles. The molecular formula is C28H28IN3S. The number of alkyl halides is 1. The molecule has 0 saturated heterocycles. The van der Waals surface area contributed by atoms with E-state index in [-0.39, 0.29) is 18.0 Å². The summed E-state index contributed by atoms with van der Waals surface area (Å²) in [6.07, 6.45) is 3.32. The van der Waals surface area contributed by atoms with Gasteiger partial charge in [0.2, 0.25) is 0 Å². The highest BCUT2D eigenvalue weighted by atomic mass is 127. The van der Waals surface area contributed by atoms with Gasteiger partial charge in [0, 0.05) is 27.3 Å². The van der Waals surface area contributed by atoms with Gasteiger partial charge >= 0.3 is 0 Å². The summed E-state index contributed by atoms with van der Waals surface area (Å²) in [5, 5.41) is 22.7. The van der Waals surface area contributed by atoms with Gasteiger partial charge in [-0.05, 0) is 66.1 Å². The molecule has 0 aliphatic rings. The van der Waals surface area contributed by atoms with Crippen molar-refractivity contribution in [2.75, 3.05) is 6.26 Å². The third-order valence-electron chi connectivity index (χ3n) is 5.96. The Morgan fingerprint density at radius 1 is 0.939 bits per heavy atom. The van der Waals surface area contributed by atoms with Gasteiger partial charge in [-0.2, -0.15) is 10.5 Å². The first-order valence-corrected chi connectivity index (χ1v) is 13.7. The summed E-state index contributed by atoms with van der Waals surface area (Å²) in [7, 11) is 0. The zero-order valence-electron chi connectivity index (χ0n) is 19.0. The number of benzene rings is 3. The first-order valence-electron chi connectivity index (χ1n) is 11.0. The molecule has 3 aromatic carbocycles. The van der Waals surface area contributed by atoms with Gasteiger partial charge in [0.25, 0.3) is 0 Å². The Kier molecular flexibility index (Phi) is 9.81. The molecule has 3 aromatic rings. The molecule has 0 radical (unpaired) electrons. The van der Waals surface area contributed by atoms with Crippen LogP contribution in [0.15, 0.2) is 77.7 Å². The van der Waals surface area contributed by atoms with Gasteiger partial charge in [0.1, 0.15) is 0 Å². The SMILES string of the molecule is CSc1ccc(C(CC#N)N[C@@H](C)[C@@H](Cc2ccc(CI)cc2)c2cccc(C#N)c2)cc1. The lowest BCUT2D eigenvalue weighted by Crippen LogP contribution is -2.36. The van der Waals surface area contributed by atoms with E-state index in [1.165, 1.54) is 16.0 Å². The predicted octanol–water partition coefficient (Wildman–Crippen LogP) is 7.17. The van der Waals surface area contributed by atoms with Crippen molar-refractivity contribution >= 4 is 34.4 Å². The van der Waals surface area contributed by atoms with Crippen LogP contribution in [0.1, 0.15) is 53.1 Å². The molecule has 0 saturated carbocycles. The topological polar surface area (TPSA) is 59.6 Å². The minimum absolute atomic E-state index is 0.0519. The highest BCUT2D eigenvalue weighted by molar-refractivity contribution is 14.1. The van der Waals surface area contributed by atoms with Crippen molar-refractivity contribution in [2.45, 2.75) is 47.1 Å². The van der Waals surface area contributed by atoms with Crippen molar-refractivity contribution in [1.82, 2.24) is 5.32 Å². The van der Waals surface area contributed by atoms with Crippen LogP contribution in [0.25, 0.3) is 0 Å². The molecule has 3 nitrogen and oxygen atoms in total. The average Bonchev–Trinajstić information content (AvgIpc) is 2.87. The fourth-order valence-corrected chi connectivity index (χ4v) is 4.99. The molecule has 5 heteroatoms. The van der Waals surface area contributed by atoms with Crippen molar-refractivity contribution in [3.63, 3.8) is 0 Å². The molecule has 33 heavy (non-hydrogen) atoms. The van der Waals surface area contributed by atoms with E-state index in [0.29, 0.717) is 12.0 Å². The maximum atomic E-state index is 9.49. The lowest BCUT2D eigenvalue weighted by molar-refractivity contribution is 0.401. The van der Waals surface area contributed by atoms with Gasteiger partial charge in [-0.1, -0.05) is 71.1 Å². The van der Waals surface area contributed by atoms with E-state index >= 15 is 0 Å². The molecular weight excluding hydrogens is 537 g/mol. The Balaban J connectivity index is 1.89. The summed E-state index contributed by atoms with van der Waals surface area (Å²) >= 11 is 4.09. The van der Waals surface area contributed by atoms with E-state index in [0.717, 1.165) is 22.0 Å². The van der Waals surface area contributed by atoms with E-state index in [2.05, 4.69) is 108 Å². The predicted molar refractivity (Wildman–Crippen MR) is 146 cm³/mol. The highest BCUT2D eigenvalue weighted by Crippen LogP contribution is 2.29. The Morgan fingerprint density at radius 3 is 2.24 bits per heavy atom. The molecule has 0 aromatic heterocycles. The smallest absolute Gasteiger partial charge is 0.0991 e. The van der Waals surface area contributed by atoms with Crippen LogP contribution in [0.3, 0.4) is 0 Å². The zero-order chi connectivity index (χ0) is 23.6. The third-order valence-corrected chi connectivity index (χ3v) is 7.58. The van der Waals surface area contributed by atoms with Crippen LogP contribution in [-0.2, 0) is 10.8 Å². The number of nitriles is 2. The maximum Gasteiger partial charge on any atom is 0.0991 e. The van der Waals surface area contributed by atoms with Crippen molar-refractivity contribution in [3.05, 3.63) is 101 Å². The van der Waals surface area contributed by atoms with E-state index in [4.69, 9.17) is 0 Å². The molecule has 0 heterocycles. The molecule has 0 fully saturated rings. The molecule has 0 bridgehead atoms. The number of hydrogen-bond acceptors (Lipinski definition) is 4. The van der Waals surface area contributed by atoms with Gasteiger partial charge in [0.05, 0.1) is 24.1 Å². The summed E-state index contributed by atoms with van der Waals surface area (Å²) in [6, 6.07) is 29.8. The van der Waals surface area contributed by atoms with Gasteiger partial charge in [-0.3, -0.25) is 0 Å². The van der Waals surface area contributed by atoms with Crippen LogP contribution in [-0.4, -0.2) is 12.3 Å². The van der Waals surface area contributed by atoms with Gasteiger partial charge in [-0.25, -0.2) is 0 Å². The largest absolute Gasteiger partial charge is 0.306 e. The zero-order valence-corrected chi connectivity index (χ0v) is 21.9. The first-order chi connectivity index (χ1) is 16.1. The van der Waals surface area contributed by atoms with Gasteiger partial charge in [-0.15, -0.1) is 11.8 Å². The lowest BCUT2D eigenvalue weighted by Gasteiger charge is -2.30. The molecule has 1 N–H and O–H groups in total. The van der Waals surface area contributed by atoms with Crippen molar-refractivity contribution in [3.8, 4) is 12.1 Å². The maximum absolute atomic E-state index is 9.49. The Hall–Kier alpha value is -2.32. The van der Waals surface area contributed by atoms with E-state index in [9.17, 15) is 10.5 Å². The van der Waals surface area contributed by atoms with Crippen LogP contribution in [0.2, 0.25) is 0 Å². The van der Waals surface area contributed by atoms with E-state index in [1.54, 1.807) is 11.8 Å². The molecule has 0 amide bonds. The van der Waals surface area contributed by atoms with E-state index < -0.39 is 0 Å². The highest BCUT2D eigenvalue weighted by Gasteiger charge is 2.24. The van der Waals surface area contributed by atoms with Crippen molar-refractivity contribution in [2.24, 2.45) is 0 Å². The molecule has 0 spiro atoms. The fourth-order valence-electron chi connectivity index (χ4n) is 4.07. The summed E-state index contributed by atoms with van der Waals surface area (Å²) < 4.78 is 0.995. The quantitative estimate of drug-likeness (QED) is 0.161.